The number of ether oxygens (including phenoxy) is 1. The van der Waals surface area contributed by atoms with E-state index in [9.17, 15) is 9.59 Å². The van der Waals surface area contributed by atoms with Gasteiger partial charge in [-0.3, -0.25) is 9.59 Å². The summed E-state index contributed by atoms with van der Waals surface area (Å²) >= 11 is 0. The molecular formula is C14H16O3. The van der Waals surface area contributed by atoms with Crippen LogP contribution in [0.3, 0.4) is 0 Å². The maximum absolute atomic E-state index is 12.3. The van der Waals surface area contributed by atoms with Gasteiger partial charge < -0.3 is 4.74 Å². The molecule has 0 saturated heterocycles. The Kier molecular flexibility index (Phi) is 2.77. The average Bonchev–Trinajstić information content (AvgIpc) is 3.12. The monoisotopic (exact) mass is 232 g/mol. The number of carbonyl (C=O) groups is 2. The predicted molar refractivity (Wildman–Crippen MR) is 63.9 cm³/mol. The van der Waals surface area contributed by atoms with Gasteiger partial charge in [-0.2, -0.15) is 0 Å². The quantitative estimate of drug-likeness (QED) is 0.456. The molecule has 0 N–H and O–H groups in total. The molecule has 17 heavy (non-hydrogen) atoms. The van der Waals surface area contributed by atoms with Crippen LogP contribution in [0.1, 0.15) is 34.3 Å². The predicted octanol–water partition coefficient (Wildman–Crippen LogP) is 2.44. The zero-order valence-corrected chi connectivity index (χ0v) is 10.4. The van der Waals surface area contributed by atoms with Crippen LogP contribution >= 0.6 is 0 Å². The lowest BCUT2D eigenvalue weighted by molar-refractivity contribution is -0.145. The van der Waals surface area contributed by atoms with E-state index >= 15 is 0 Å². The molecule has 1 aliphatic carbocycles. The number of ketones is 1. The first-order chi connectivity index (χ1) is 8.01. The summed E-state index contributed by atoms with van der Waals surface area (Å²) in [6.45, 7) is 3.96. The zero-order chi connectivity index (χ0) is 12.6. The molecule has 0 heterocycles. The van der Waals surface area contributed by atoms with Gasteiger partial charge >= 0.3 is 5.97 Å². The molecule has 3 heteroatoms. The molecule has 3 nitrogen and oxygen atoms in total. The molecule has 0 radical (unpaired) electrons. The van der Waals surface area contributed by atoms with Crippen LogP contribution in [0.2, 0.25) is 0 Å². The van der Waals surface area contributed by atoms with Gasteiger partial charge in [-0.25, -0.2) is 0 Å². The highest BCUT2D eigenvalue weighted by Gasteiger charge is 2.57. The summed E-state index contributed by atoms with van der Waals surface area (Å²) in [4.78, 5) is 23.9. The van der Waals surface area contributed by atoms with Gasteiger partial charge in [0, 0.05) is 5.56 Å². The van der Waals surface area contributed by atoms with E-state index in [1.54, 1.807) is 6.07 Å². The highest BCUT2D eigenvalue weighted by molar-refractivity contribution is 6.14. The van der Waals surface area contributed by atoms with E-state index in [2.05, 4.69) is 0 Å². The lowest BCUT2D eigenvalue weighted by atomic mass is 9.93. The Morgan fingerprint density at radius 2 is 1.82 bits per heavy atom. The highest BCUT2D eigenvalue weighted by Crippen LogP contribution is 2.49. The maximum atomic E-state index is 12.3. The molecule has 0 amide bonds. The van der Waals surface area contributed by atoms with Crippen LogP contribution in [0.4, 0.5) is 0 Å². The summed E-state index contributed by atoms with van der Waals surface area (Å²) < 4.78 is 4.71. The molecule has 1 fully saturated rings. The van der Waals surface area contributed by atoms with Crippen molar-refractivity contribution in [3.05, 3.63) is 34.9 Å². The number of methoxy groups -OCH3 is 1. The molecule has 0 spiro atoms. The van der Waals surface area contributed by atoms with Crippen molar-refractivity contribution in [3.63, 3.8) is 0 Å². The number of esters is 1. The summed E-state index contributed by atoms with van der Waals surface area (Å²) in [5.41, 5.74) is 1.92. The Morgan fingerprint density at radius 3 is 2.29 bits per heavy atom. The van der Waals surface area contributed by atoms with Crippen molar-refractivity contribution >= 4 is 11.8 Å². The maximum Gasteiger partial charge on any atom is 0.319 e. The van der Waals surface area contributed by atoms with Crippen molar-refractivity contribution in [1.29, 1.82) is 0 Å². The summed E-state index contributed by atoms with van der Waals surface area (Å²) in [5.74, 6) is -0.506. The van der Waals surface area contributed by atoms with Gasteiger partial charge in [0.2, 0.25) is 0 Å². The SMILES string of the molecule is COC(=O)C1(C(=O)c2ccc(C)c(C)c2)CC1. The Bertz CT molecular complexity index is 484. The highest BCUT2D eigenvalue weighted by atomic mass is 16.5. The van der Waals surface area contributed by atoms with Gasteiger partial charge in [-0.05, 0) is 43.9 Å². The van der Waals surface area contributed by atoms with Gasteiger partial charge in [0.15, 0.2) is 5.78 Å². The number of hydrogen-bond acceptors (Lipinski definition) is 3. The normalized spacial score (nSPS) is 16.4. The second-order valence-electron chi connectivity index (χ2n) is 4.70. The van der Waals surface area contributed by atoms with E-state index in [1.807, 2.05) is 26.0 Å². The molecule has 0 aliphatic heterocycles. The standard InChI is InChI=1S/C14H16O3/c1-9-4-5-11(8-10(9)2)12(15)14(6-7-14)13(16)17-3/h4-5,8H,6-7H2,1-3H3. The van der Waals surface area contributed by atoms with Crippen molar-refractivity contribution in [1.82, 2.24) is 0 Å². The first kappa shape index (κ1) is 11.8. The van der Waals surface area contributed by atoms with Gasteiger partial charge in [-0.1, -0.05) is 12.1 Å². The zero-order valence-electron chi connectivity index (χ0n) is 10.4. The fourth-order valence-corrected chi connectivity index (χ4v) is 2.00. The molecule has 1 aromatic rings. The number of carbonyl (C=O) groups excluding carboxylic acids is 2. The van der Waals surface area contributed by atoms with E-state index in [4.69, 9.17) is 4.74 Å². The van der Waals surface area contributed by atoms with Gasteiger partial charge in [-0.15, -0.1) is 0 Å². The van der Waals surface area contributed by atoms with E-state index in [1.165, 1.54) is 7.11 Å². The molecular weight excluding hydrogens is 216 g/mol. The molecule has 1 aromatic carbocycles. The number of aryl methyl sites for hydroxylation is 2. The topological polar surface area (TPSA) is 43.4 Å². The van der Waals surface area contributed by atoms with Crippen LogP contribution < -0.4 is 0 Å². The van der Waals surface area contributed by atoms with E-state index < -0.39 is 11.4 Å². The van der Waals surface area contributed by atoms with Gasteiger partial charge in [0.1, 0.15) is 5.41 Å². The molecule has 90 valence electrons. The van der Waals surface area contributed by atoms with Crippen molar-refractivity contribution in [2.45, 2.75) is 26.7 Å². The Hall–Kier alpha value is -1.64. The van der Waals surface area contributed by atoms with Crippen LogP contribution in [-0.4, -0.2) is 18.9 Å². The summed E-state index contributed by atoms with van der Waals surface area (Å²) in [6, 6.07) is 5.55. The van der Waals surface area contributed by atoms with Gasteiger partial charge in [0.05, 0.1) is 7.11 Å². The van der Waals surface area contributed by atoms with Crippen molar-refractivity contribution < 1.29 is 14.3 Å². The third kappa shape index (κ3) is 1.86. The molecule has 1 saturated carbocycles. The molecule has 0 bridgehead atoms. The minimum absolute atomic E-state index is 0.104. The second-order valence-corrected chi connectivity index (χ2v) is 4.70. The minimum atomic E-state index is -0.892. The number of Topliss-reactive ketones (excluding diaryl/α,β-unsaturated/α-hetero) is 1. The molecule has 2 rings (SSSR count). The summed E-state index contributed by atoms with van der Waals surface area (Å²) in [6.07, 6.45) is 1.21. The number of hydrogen-bond donors (Lipinski definition) is 0. The Balaban J connectivity index is 2.32. The van der Waals surface area contributed by atoms with Crippen LogP contribution in [-0.2, 0) is 9.53 Å². The summed E-state index contributed by atoms with van der Waals surface area (Å²) in [5, 5.41) is 0. The van der Waals surface area contributed by atoms with Crippen molar-refractivity contribution in [3.8, 4) is 0 Å². The van der Waals surface area contributed by atoms with Crippen molar-refractivity contribution in [2.75, 3.05) is 7.11 Å². The fourth-order valence-electron chi connectivity index (χ4n) is 2.00. The number of benzene rings is 1. The molecule has 0 unspecified atom stereocenters. The van der Waals surface area contributed by atoms with Crippen LogP contribution in [0, 0.1) is 19.3 Å². The first-order valence-corrected chi connectivity index (χ1v) is 5.72. The Morgan fingerprint density at radius 1 is 1.18 bits per heavy atom. The van der Waals surface area contributed by atoms with Crippen LogP contribution in [0.5, 0.6) is 0 Å². The Labute approximate surface area is 101 Å². The van der Waals surface area contributed by atoms with E-state index in [0.717, 1.165) is 11.1 Å². The largest absolute Gasteiger partial charge is 0.468 e. The second kappa shape index (κ2) is 3.99. The van der Waals surface area contributed by atoms with Crippen molar-refractivity contribution in [2.24, 2.45) is 5.41 Å². The van der Waals surface area contributed by atoms with Gasteiger partial charge in [0.25, 0.3) is 0 Å². The van der Waals surface area contributed by atoms with E-state index in [-0.39, 0.29) is 5.78 Å². The third-order valence-corrected chi connectivity index (χ3v) is 3.53. The smallest absolute Gasteiger partial charge is 0.319 e. The van der Waals surface area contributed by atoms with E-state index in [0.29, 0.717) is 18.4 Å². The summed E-state index contributed by atoms with van der Waals surface area (Å²) in [7, 11) is 1.33. The molecule has 0 aromatic heterocycles. The minimum Gasteiger partial charge on any atom is -0.468 e. The lowest BCUT2D eigenvalue weighted by Crippen LogP contribution is -2.27. The fraction of sp³-hybridized carbons (Fsp3) is 0.429. The third-order valence-electron chi connectivity index (χ3n) is 3.53. The average molecular weight is 232 g/mol. The van der Waals surface area contributed by atoms with Crippen LogP contribution in [0.15, 0.2) is 18.2 Å². The molecule has 0 atom stereocenters. The number of rotatable bonds is 3. The first-order valence-electron chi connectivity index (χ1n) is 5.72. The lowest BCUT2D eigenvalue weighted by Gasteiger charge is -2.12. The van der Waals surface area contributed by atoms with Crippen LogP contribution in [0.25, 0.3) is 0 Å². The molecule has 1 aliphatic rings.